The number of thiophene rings is 1. The number of nitrogens with zero attached hydrogens (tertiary/aromatic N) is 2. The number of amides is 2. The van der Waals surface area contributed by atoms with Crippen molar-refractivity contribution in [1.82, 2.24) is 9.80 Å². The lowest BCUT2D eigenvalue weighted by molar-refractivity contribution is -0.133. The fraction of sp³-hybridized carbons (Fsp3) is 0.400. The van der Waals surface area contributed by atoms with Gasteiger partial charge in [-0.1, -0.05) is 62.2 Å². The number of hydrogen-bond acceptors (Lipinski definition) is 3. The molecular weight excluding hydrogens is 452 g/mol. The molecule has 0 saturated carbocycles. The average molecular weight is 491 g/mol. The van der Waals surface area contributed by atoms with E-state index in [-0.39, 0.29) is 24.4 Å². The Morgan fingerprint density at radius 1 is 0.886 bits per heavy atom. The van der Waals surface area contributed by atoms with Gasteiger partial charge in [-0.25, -0.2) is 0 Å². The van der Waals surface area contributed by atoms with E-state index in [1.807, 2.05) is 73.3 Å². The number of benzene rings is 2. The first-order valence-corrected chi connectivity index (χ1v) is 13.5. The van der Waals surface area contributed by atoms with Crippen LogP contribution in [-0.2, 0) is 24.3 Å². The molecule has 0 N–H and O–H groups in total. The van der Waals surface area contributed by atoms with Gasteiger partial charge in [-0.2, -0.15) is 0 Å². The summed E-state index contributed by atoms with van der Waals surface area (Å²) < 4.78 is 0. The molecule has 0 saturated heterocycles. The Morgan fingerprint density at radius 2 is 1.60 bits per heavy atom. The zero-order chi connectivity index (χ0) is 25.2. The summed E-state index contributed by atoms with van der Waals surface area (Å²) in [4.78, 5) is 31.7. The minimum Gasteiger partial charge on any atom is -0.332 e. The fourth-order valence-electron chi connectivity index (χ4n) is 4.07. The Balaban J connectivity index is 1.74. The third-order valence-electron chi connectivity index (χ3n) is 6.33. The second kappa shape index (κ2) is 13.2. The van der Waals surface area contributed by atoms with E-state index in [4.69, 9.17) is 0 Å². The van der Waals surface area contributed by atoms with Crippen LogP contribution in [0.3, 0.4) is 0 Å². The molecule has 0 fully saturated rings. The summed E-state index contributed by atoms with van der Waals surface area (Å²) in [5.41, 5.74) is 4.16. The maximum atomic E-state index is 13.6. The van der Waals surface area contributed by atoms with Gasteiger partial charge in [0.1, 0.15) is 6.54 Å². The van der Waals surface area contributed by atoms with Crippen LogP contribution in [0.2, 0.25) is 0 Å². The minimum absolute atomic E-state index is 0.0418. The van der Waals surface area contributed by atoms with E-state index in [1.165, 1.54) is 28.8 Å². The van der Waals surface area contributed by atoms with E-state index in [1.54, 1.807) is 16.2 Å². The summed E-state index contributed by atoms with van der Waals surface area (Å²) in [6.07, 6.45) is 4.61. The molecule has 0 aliphatic carbocycles. The van der Waals surface area contributed by atoms with Crippen molar-refractivity contribution < 1.29 is 9.59 Å². The van der Waals surface area contributed by atoms with Crippen LogP contribution >= 0.6 is 11.3 Å². The number of carbonyl (C=O) groups excluding carboxylic acids is 2. The molecule has 3 aromatic rings. The van der Waals surface area contributed by atoms with Gasteiger partial charge in [-0.05, 0) is 73.9 Å². The molecule has 5 heteroatoms. The molecule has 0 atom stereocenters. The minimum atomic E-state index is -0.0968. The summed E-state index contributed by atoms with van der Waals surface area (Å²) in [6, 6.07) is 19.9. The Bertz CT molecular complexity index is 1070. The highest BCUT2D eigenvalue weighted by molar-refractivity contribution is 7.10. The summed E-state index contributed by atoms with van der Waals surface area (Å²) in [7, 11) is 0. The van der Waals surface area contributed by atoms with Crippen LogP contribution in [0.5, 0.6) is 0 Å². The number of unbranched alkanes of at least 4 members (excludes halogenated alkanes) is 2. The van der Waals surface area contributed by atoms with Crippen molar-refractivity contribution in [2.45, 2.75) is 72.5 Å². The van der Waals surface area contributed by atoms with E-state index >= 15 is 0 Å². The predicted octanol–water partition coefficient (Wildman–Crippen LogP) is 6.87. The molecule has 2 aromatic carbocycles. The molecule has 35 heavy (non-hydrogen) atoms. The smallest absolute Gasteiger partial charge is 0.254 e. The van der Waals surface area contributed by atoms with Crippen molar-refractivity contribution >= 4 is 23.2 Å². The monoisotopic (exact) mass is 490 g/mol. The van der Waals surface area contributed by atoms with Crippen LogP contribution < -0.4 is 0 Å². The lowest BCUT2D eigenvalue weighted by Gasteiger charge is -2.30. The molecule has 1 heterocycles. The van der Waals surface area contributed by atoms with Gasteiger partial charge < -0.3 is 9.80 Å². The maximum absolute atomic E-state index is 13.6. The van der Waals surface area contributed by atoms with Crippen LogP contribution in [0, 0.1) is 6.92 Å². The highest BCUT2D eigenvalue weighted by Crippen LogP contribution is 2.20. The first kappa shape index (κ1) is 26.7. The van der Waals surface area contributed by atoms with Gasteiger partial charge in [0, 0.05) is 23.0 Å². The number of aryl methyl sites for hydroxylation is 2. The standard InChI is InChI=1S/C30H38N2O2S/c1-5-6-8-11-25-14-16-27(17-15-25)30(34)32(23(2)3)22-29(33)31(20-26-12-9-7-10-13-26)21-28-24(4)18-19-35-28/h7,9-10,12-19,23H,5-6,8,11,20-22H2,1-4H3. The highest BCUT2D eigenvalue weighted by Gasteiger charge is 2.25. The zero-order valence-corrected chi connectivity index (χ0v) is 22.3. The van der Waals surface area contributed by atoms with Crippen molar-refractivity contribution in [2.75, 3.05) is 6.54 Å². The van der Waals surface area contributed by atoms with Crippen LogP contribution in [-0.4, -0.2) is 34.2 Å². The third-order valence-corrected chi connectivity index (χ3v) is 7.34. The number of carbonyl (C=O) groups is 2. The Kier molecular flexibility index (Phi) is 10.1. The van der Waals surface area contributed by atoms with Gasteiger partial charge in [-0.3, -0.25) is 9.59 Å². The molecule has 186 valence electrons. The topological polar surface area (TPSA) is 40.6 Å². The second-order valence-corrected chi connectivity index (χ2v) is 10.4. The largest absolute Gasteiger partial charge is 0.332 e. The normalized spacial score (nSPS) is 11.0. The highest BCUT2D eigenvalue weighted by atomic mass is 32.1. The molecule has 0 unspecified atom stereocenters. The number of hydrogen-bond donors (Lipinski definition) is 0. The molecule has 0 aliphatic rings. The van der Waals surface area contributed by atoms with Crippen LogP contribution in [0.1, 0.15) is 72.0 Å². The Hall–Kier alpha value is -2.92. The maximum Gasteiger partial charge on any atom is 0.254 e. The second-order valence-electron chi connectivity index (χ2n) is 9.44. The van der Waals surface area contributed by atoms with Crippen LogP contribution in [0.4, 0.5) is 0 Å². The molecule has 1 aromatic heterocycles. The zero-order valence-electron chi connectivity index (χ0n) is 21.5. The van der Waals surface area contributed by atoms with E-state index in [0.717, 1.165) is 18.4 Å². The Labute approximate surface area is 214 Å². The molecule has 0 aliphatic heterocycles. The SMILES string of the molecule is CCCCCc1ccc(C(=O)N(CC(=O)N(Cc2ccccc2)Cc2sccc2C)C(C)C)cc1. The molecule has 0 bridgehead atoms. The molecule has 4 nitrogen and oxygen atoms in total. The molecular formula is C30H38N2O2S. The predicted molar refractivity (Wildman–Crippen MR) is 146 cm³/mol. The summed E-state index contributed by atoms with van der Waals surface area (Å²) in [6.45, 7) is 9.34. The van der Waals surface area contributed by atoms with Crippen molar-refractivity contribution in [3.63, 3.8) is 0 Å². The third kappa shape index (κ3) is 7.79. The number of rotatable bonds is 12. The summed E-state index contributed by atoms with van der Waals surface area (Å²) in [5, 5.41) is 2.06. The van der Waals surface area contributed by atoms with Crippen molar-refractivity contribution in [1.29, 1.82) is 0 Å². The van der Waals surface area contributed by atoms with Crippen LogP contribution in [0.15, 0.2) is 66.0 Å². The van der Waals surface area contributed by atoms with E-state index in [0.29, 0.717) is 18.7 Å². The summed E-state index contributed by atoms with van der Waals surface area (Å²) in [5.74, 6) is -0.139. The van der Waals surface area contributed by atoms with Crippen molar-refractivity contribution in [3.8, 4) is 0 Å². The van der Waals surface area contributed by atoms with Gasteiger partial charge in [0.05, 0.1) is 6.54 Å². The van der Waals surface area contributed by atoms with Crippen molar-refractivity contribution in [3.05, 3.63) is 93.2 Å². The van der Waals surface area contributed by atoms with E-state index in [2.05, 4.69) is 25.3 Å². The lowest BCUT2D eigenvalue weighted by atomic mass is 10.0. The van der Waals surface area contributed by atoms with Gasteiger partial charge in [-0.15, -0.1) is 11.3 Å². The van der Waals surface area contributed by atoms with E-state index < -0.39 is 0 Å². The first-order chi connectivity index (χ1) is 16.9. The summed E-state index contributed by atoms with van der Waals surface area (Å²) >= 11 is 1.67. The van der Waals surface area contributed by atoms with E-state index in [9.17, 15) is 9.59 Å². The van der Waals surface area contributed by atoms with Gasteiger partial charge in [0.2, 0.25) is 5.91 Å². The van der Waals surface area contributed by atoms with Gasteiger partial charge >= 0.3 is 0 Å². The first-order valence-electron chi connectivity index (χ1n) is 12.6. The van der Waals surface area contributed by atoms with Gasteiger partial charge in [0.25, 0.3) is 5.91 Å². The average Bonchev–Trinajstić information content (AvgIpc) is 3.26. The molecule has 2 amide bonds. The quantitative estimate of drug-likeness (QED) is 0.260. The van der Waals surface area contributed by atoms with Crippen LogP contribution in [0.25, 0.3) is 0 Å². The van der Waals surface area contributed by atoms with Crippen molar-refractivity contribution in [2.24, 2.45) is 0 Å². The molecule has 3 rings (SSSR count). The van der Waals surface area contributed by atoms with Gasteiger partial charge in [0.15, 0.2) is 0 Å². The molecule has 0 spiro atoms. The molecule has 0 radical (unpaired) electrons. The Morgan fingerprint density at radius 3 is 2.20 bits per heavy atom. The lowest BCUT2D eigenvalue weighted by Crippen LogP contribution is -2.45. The fourth-order valence-corrected chi connectivity index (χ4v) is 4.99.